The van der Waals surface area contributed by atoms with Gasteiger partial charge in [-0.05, 0) is 37.9 Å². The molecule has 0 heterocycles. The normalized spacial score (nSPS) is 10.7. The van der Waals surface area contributed by atoms with Gasteiger partial charge in [0.25, 0.3) is 0 Å². The van der Waals surface area contributed by atoms with Crippen LogP contribution in [0.3, 0.4) is 0 Å². The van der Waals surface area contributed by atoms with E-state index >= 15 is 0 Å². The van der Waals surface area contributed by atoms with Crippen LogP contribution in [0.15, 0.2) is 0 Å². The van der Waals surface area contributed by atoms with Gasteiger partial charge in [-0.2, -0.15) is 0 Å². The van der Waals surface area contributed by atoms with Crippen molar-refractivity contribution in [3.63, 3.8) is 0 Å². The average Bonchev–Trinajstić information content (AvgIpc) is 2.50. The van der Waals surface area contributed by atoms with Crippen molar-refractivity contribution in [3.8, 4) is 0 Å². The molecule has 0 unspecified atom stereocenters. The van der Waals surface area contributed by atoms with E-state index in [1.54, 1.807) is 0 Å². The summed E-state index contributed by atoms with van der Waals surface area (Å²) in [7, 11) is 0. The molecule has 0 saturated carbocycles. The summed E-state index contributed by atoms with van der Waals surface area (Å²) in [5, 5.41) is 3.22. The molecule has 0 radical (unpaired) electrons. The Morgan fingerprint density at radius 2 is 1.24 bits per heavy atom. The number of hydrogen-bond acceptors (Lipinski definition) is 2. The number of rotatable bonds is 13. The van der Waals surface area contributed by atoms with Crippen molar-refractivity contribution in [2.45, 2.75) is 79.1 Å². The van der Waals surface area contributed by atoms with Crippen LogP contribution >= 0.6 is 12.2 Å². The van der Waals surface area contributed by atoms with E-state index in [0.717, 1.165) is 31.3 Å². The van der Waals surface area contributed by atoms with Crippen LogP contribution in [-0.2, 0) is 0 Å². The largest absolute Gasteiger partial charge is 0.348 e. The summed E-state index contributed by atoms with van der Waals surface area (Å²) in [5.74, 6) is 0. The minimum absolute atomic E-state index is 1.00. The summed E-state index contributed by atoms with van der Waals surface area (Å²) in [6.07, 6.45) is 9.72. The summed E-state index contributed by atoms with van der Waals surface area (Å²) in [6, 6.07) is 0. The first kappa shape index (κ1) is 20.6. The minimum Gasteiger partial charge on any atom is -0.348 e. The van der Waals surface area contributed by atoms with Gasteiger partial charge in [0.15, 0.2) is 5.11 Å². The lowest BCUT2D eigenvalue weighted by Crippen LogP contribution is -2.51. The zero-order valence-electron chi connectivity index (χ0n) is 14.8. The topological polar surface area (TPSA) is 18.5 Å². The monoisotopic (exact) mass is 315 g/mol. The van der Waals surface area contributed by atoms with Gasteiger partial charge in [0, 0.05) is 26.2 Å². The standard InChI is InChI=1S/C17H37N3S/c1-5-9-13-18-20(16-12-8-4)17(21)19(14-10-6-2)15-11-7-3/h18H,5-16H2,1-4H3. The van der Waals surface area contributed by atoms with Gasteiger partial charge in [0.2, 0.25) is 0 Å². The van der Waals surface area contributed by atoms with Gasteiger partial charge in [-0.1, -0.05) is 53.4 Å². The number of nitrogens with one attached hydrogen (secondary N) is 1. The Morgan fingerprint density at radius 1 is 0.762 bits per heavy atom. The zero-order chi connectivity index (χ0) is 15.9. The van der Waals surface area contributed by atoms with Crippen molar-refractivity contribution in [2.24, 2.45) is 0 Å². The smallest absolute Gasteiger partial charge is 0.186 e. The molecule has 21 heavy (non-hydrogen) atoms. The Balaban J connectivity index is 4.55. The molecule has 0 spiro atoms. The second kappa shape index (κ2) is 14.6. The number of hydrazine groups is 1. The fourth-order valence-electron chi connectivity index (χ4n) is 2.12. The predicted molar refractivity (Wildman–Crippen MR) is 98.5 cm³/mol. The van der Waals surface area contributed by atoms with Crippen LogP contribution in [-0.4, -0.2) is 41.2 Å². The quantitative estimate of drug-likeness (QED) is 0.304. The number of thiocarbonyl (C=S) groups is 1. The summed E-state index contributed by atoms with van der Waals surface area (Å²) < 4.78 is 0. The molecule has 0 saturated heterocycles. The van der Waals surface area contributed by atoms with Gasteiger partial charge < -0.3 is 4.90 Å². The SMILES string of the molecule is CCCCNN(CCCC)C(=S)N(CCCC)CCCC. The lowest BCUT2D eigenvalue weighted by molar-refractivity contribution is 0.252. The van der Waals surface area contributed by atoms with Crippen LogP contribution in [0, 0.1) is 0 Å². The van der Waals surface area contributed by atoms with Crippen molar-refractivity contribution < 1.29 is 0 Å². The molecule has 0 aliphatic rings. The Hall–Kier alpha value is -0.350. The molecular formula is C17H37N3S. The van der Waals surface area contributed by atoms with Crippen LogP contribution in [0.1, 0.15) is 79.1 Å². The molecule has 0 aromatic heterocycles. The Bertz CT molecular complexity index is 238. The second-order valence-corrected chi connectivity index (χ2v) is 6.11. The molecule has 0 aliphatic heterocycles. The van der Waals surface area contributed by atoms with Gasteiger partial charge in [-0.3, -0.25) is 5.01 Å². The third-order valence-corrected chi connectivity index (χ3v) is 4.11. The van der Waals surface area contributed by atoms with Gasteiger partial charge in [0.05, 0.1) is 0 Å². The molecule has 0 aromatic rings. The van der Waals surface area contributed by atoms with Gasteiger partial charge >= 0.3 is 0 Å². The first-order chi connectivity index (χ1) is 10.2. The van der Waals surface area contributed by atoms with Crippen molar-refractivity contribution in [1.29, 1.82) is 0 Å². The summed E-state index contributed by atoms with van der Waals surface area (Å²) >= 11 is 5.78. The summed E-state index contributed by atoms with van der Waals surface area (Å²) in [6.45, 7) is 13.2. The van der Waals surface area contributed by atoms with Crippen LogP contribution in [0.25, 0.3) is 0 Å². The fraction of sp³-hybridized carbons (Fsp3) is 0.941. The van der Waals surface area contributed by atoms with E-state index in [-0.39, 0.29) is 0 Å². The van der Waals surface area contributed by atoms with E-state index < -0.39 is 0 Å². The molecule has 0 aliphatic carbocycles. The molecule has 4 heteroatoms. The predicted octanol–water partition coefficient (Wildman–Crippen LogP) is 4.58. The summed E-state index contributed by atoms with van der Waals surface area (Å²) in [5.41, 5.74) is 3.54. The van der Waals surface area contributed by atoms with Crippen LogP contribution in [0.2, 0.25) is 0 Å². The third kappa shape index (κ3) is 10.1. The van der Waals surface area contributed by atoms with E-state index in [9.17, 15) is 0 Å². The molecule has 1 N–H and O–H groups in total. The third-order valence-electron chi connectivity index (χ3n) is 3.63. The van der Waals surface area contributed by atoms with E-state index in [4.69, 9.17) is 12.2 Å². The molecule has 0 atom stereocenters. The lowest BCUT2D eigenvalue weighted by atomic mass is 10.2. The van der Waals surface area contributed by atoms with E-state index in [1.807, 2.05) is 0 Å². The maximum absolute atomic E-state index is 5.78. The van der Waals surface area contributed by atoms with Crippen LogP contribution < -0.4 is 5.43 Å². The Labute approximate surface area is 138 Å². The lowest BCUT2D eigenvalue weighted by Gasteiger charge is -2.34. The number of unbranched alkanes of at least 4 members (excludes halogenated alkanes) is 4. The van der Waals surface area contributed by atoms with Crippen molar-refractivity contribution in [2.75, 3.05) is 26.2 Å². The number of hydrogen-bond donors (Lipinski definition) is 1. The molecule has 0 rings (SSSR count). The average molecular weight is 316 g/mol. The molecule has 0 aromatic carbocycles. The van der Waals surface area contributed by atoms with Crippen LogP contribution in [0.5, 0.6) is 0 Å². The molecule has 126 valence electrons. The maximum Gasteiger partial charge on any atom is 0.186 e. The second-order valence-electron chi connectivity index (χ2n) is 5.74. The van der Waals surface area contributed by atoms with E-state index in [1.165, 1.54) is 51.4 Å². The first-order valence-corrected chi connectivity index (χ1v) is 9.41. The minimum atomic E-state index is 1.00. The Morgan fingerprint density at radius 3 is 1.71 bits per heavy atom. The van der Waals surface area contributed by atoms with E-state index in [0.29, 0.717) is 0 Å². The van der Waals surface area contributed by atoms with Gasteiger partial charge in [0.1, 0.15) is 0 Å². The van der Waals surface area contributed by atoms with Gasteiger partial charge in [-0.15, -0.1) is 0 Å². The molecule has 0 amide bonds. The highest BCUT2D eigenvalue weighted by Gasteiger charge is 2.15. The summed E-state index contributed by atoms with van der Waals surface area (Å²) in [4.78, 5) is 2.40. The van der Waals surface area contributed by atoms with Crippen molar-refractivity contribution in [3.05, 3.63) is 0 Å². The first-order valence-electron chi connectivity index (χ1n) is 9.01. The highest BCUT2D eigenvalue weighted by atomic mass is 32.1. The maximum atomic E-state index is 5.78. The Kier molecular flexibility index (Phi) is 14.3. The molecule has 3 nitrogen and oxygen atoms in total. The van der Waals surface area contributed by atoms with Crippen molar-refractivity contribution >= 4 is 17.3 Å². The van der Waals surface area contributed by atoms with Crippen LogP contribution in [0.4, 0.5) is 0 Å². The highest BCUT2D eigenvalue weighted by molar-refractivity contribution is 7.80. The van der Waals surface area contributed by atoms with Crippen molar-refractivity contribution in [1.82, 2.24) is 15.3 Å². The molecule has 0 fully saturated rings. The van der Waals surface area contributed by atoms with Gasteiger partial charge in [-0.25, -0.2) is 5.43 Å². The highest BCUT2D eigenvalue weighted by Crippen LogP contribution is 2.05. The zero-order valence-corrected chi connectivity index (χ0v) is 15.6. The van der Waals surface area contributed by atoms with E-state index in [2.05, 4.69) is 43.0 Å². The number of nitrogens with zero attached hydrogens (tertiary/aromatic N) is 2. The molecular weight excluding hydrogens is 278 g/mol. The fourth-order valence-corrected chi connectivity index (χ4v) is 2.46. The molecule has 0 bridgehead atoms.